The molecule has 3 heterocycles. The number of carbonyl (C=O) groups is 1. The molecule has 4 aromatic rings. The second-order valence-corrected chi connectivity index (χ2v) is 7.05. The number of aromatic amines is 1. The number of benzene rings is 1. The maximum absolute atomic E-state index is 13.6. The molecule has 0 radical (unpaired) electrons. The summed E-state index contributed by atoms with van der Waals surface area (Å²) in [4.78, 5) is 29.3. The third kappa shape index (κ3) is 2.97. The quantitative estimate of drug-likeness (QED) is 0.509. The molecule has 0 saturated heterocycles. The van der Waals surface area contributed by atoms with Crippen LogP contribution in [-0.2, 0) is 7.05 Å². The minimum absolute atomic E-state index is 0.100. The molecule has 8 nitrogen and oxygen atoms in total. The number of ketones is 1. The zero-order valence-corrected chi connectivity index (χ0v) is 17.3. The Hall–Kier alpha value is -3.81. The number of aryl methyl sites for hydroxylation is 2. The van der Waals surface area contributed by atoms with Crippen molar-refractivity contribution in [2.75, 3.05) is 14.2 Å². The van der Waals surface area contributed by atoms with Crippen molar-refractivity contribution in [2.45, 2.75) is 13.8 Å². The molecule has 4 rings (SSSR count). The molecule has 1 N–H and O–H groups in total. The largest absolute Gasteiger partial charge is 0.496 e. The first kappa shape index (κ1) is 19.5. The SMILES string of the molecule is COc1cc(C(=O)c2c(-c3cnn(C)c3)oc3c(=O)c(C)c[nH]c23)cc(OC)c1C. The molecule has 1 aromatic carbocycles. The van der Waals surface area contributed by atoms with Crippen LogP contribution in [0.2, 0.25) is 0 Å². The van der Waals surface area contributed by atoms with E-state index >= 15 is 0 Å². The zero-order valence-electron chi connectivity index (χ0n) is 17.3. The van der Waals surface area contributed by atoms with Crippen molar-refractivity contribution in [1.29, 1.82) is 0 Å². The van der Waals surface area contributed by atoms with Crippen LogP contribution in [0.15, 0.2) is 39.9 Å². The molecule has 0 spiro atoms. The molecule has 0 bridgehead atoms. The number of carbonyl (C=O) groups excluding carboxylic acids is 1. The smallest absolute Gasteiger partial charge is 0.227 e. The van der Waals surface area contributed by atoms with Gasteiger partial charge < -0.3 is 18.9 Å². The van der Waals surface area contributed by atoms with Crippen molar-refractivity contribution in [2.24, 2.45) is 7.05 Å². The van der Waals surface area contributed by atoms with Crippen LogP contribution in [0.3, 0.4) is 0 Å². The van der Waals surface area contributed by atoms with Gasteiger partial charge in [-0.2, -0.15) is 5.10 Å². The fourth-order valence-corrected chi connectivity index (χ4v) is 3.47. The van der Waals surface area contributed by atoms with Gasteiger partial charge in [0.15, 0.2) is 17.1 Å². The van der Waals surface area contributed by atoms with Crippen molar-refractivity contribution in [3.63, 3.8) is 0 Å². The molecular weight excluding hydrogens is 386 g/mol. The summed E-state index contributed by atoms with van der Waals surface area (Å²) < 4.78 is 18.3. The standard InChI is InChI=1S/C22H21N3O5/c1-11-8-23-18-17(20(27)13-6-15(28-4)12(2)16(7-13)29-5)21(30-22(18)19(11)26)14-9-24-25(3)10-14/h6-10H,1-5H3,(H,23,26). The summed E-state index contributed by atoms with van der Waals surface area (Å²) in [5.41, 5.74) is 2.64. The van der Waals surface area contributed by atoms with E-state index in [1.165, 1.54) is 14.2 Å². The van der Waals surface area contributed by atoms with Gasteiger partial charge in [0.25, 0.3) is 0 Å². The maximum Gasteiger partial charge on any atom is 0.227 e. The van der Waals surface area contributed by atoms with Gasteiger partial charge >= 0.3 is 0 Å². The van der Waals surface area contributed by atoms with E-state index in [4.69, 9.17) is 13.9 Å². The Bertz CT molecular complexity index is 1320. The highest BCUT2D eigenvalue weighted by Gasteiger charge is 2.27. The number of nitrogens with zero attached hydrogens (tertiary/aromatic N) is 2. The molecule has 30 heavy (non-hydrogen) atoms. The molecule has 0 aliphatic rings. The van der Waals surface area contributed by atoms with Crippen LogP contribution < -0.4 is 14.9 Å². The molecule has 154 valence electrons. The van der Waals surface area contributed by atoms with Crippen molar-refractivity contribution in [1.82, 2.24) is 14.8 Å². The number of aromatic nitrogens is 3. The number of H-pyrrole nitrogens is 1. The molecule has 0 fully saturated rings. The van der Waals surface area contributed by atoms with Gasteiger partial charge in [0.2, 0.25) is 5.43 Å². The molecule has 0 amide bonds. The average Bonchev–Trinajstić information content (AvgIpc) is 3.34. The number of furan rings is 1. The number of fused-ring (bicyclic) bond motifs is 1. The van der Waals surface area contributed by atoms with Gasteiger partial charge in [-0.15, -0.1) is 0 Å². The number of hydrogen-bond acceptors (Lipinski definition) is 6. The zero-order chi connectivity index (χ0) is 21.6. The number of ether oxygens (including phenoxy) is 2. The Kier molecular flexibility index (Phi) is 4.69. The third-order valence-corrected chi connectivity index (χ3v) is 5.11. The first-order valence-electron chi connectivity index (χ1n) is 9.26. The highest BCUT2D eigenvalue weighted by Crippen LogP contribution is 2.36. The summed E-state index contributed by atoms with van der Waals surface area (Å²) in [6.07, 6.45) is 4.88. The Morgan fingerprint density at radius 2 is 1.83 bits per heavy atom. The molecule has 0 saturated carbocycles. The lowest BCUT2D eigenvalue weighted by Crippen LogP contribution is -2.08. The van der Waals surface area contributed by atoms with Crippen molar-refractivity contribution >= 4 is 16.9 Å². The van der Waals surface area contributed by atoms with Crippen LogP contribution in [0.1, 0.15) is 27.0 Å². The van der Waals surface area contributed by atoms with E-state index in [2.05, 4.69) is 10.1 Å². The summed E-state index contributed by atoms with van der Waals surface area (Å²) in [5, 5.41) is 4.16. The van der Waals surface area contributed by atoms with Gasteiger partial charge in [0.1, 0.15) is 17.0 Å². The van der Waals surface area contributed by atoms with Crippen molar-refractivity contribution in [3.05, 3.63) is 63.2 Å². The van der Waals surface area contributed by atoms with Crippen LogP contribution in [0.4, 0.5) is 0 Å². The lowest BCUT2D eigenvalue weighted by atomic mass is 9.98. The molecule has 0 unspecified atom stereocenters. The predicted octanol–water partition coefficient (Wildman–Crippen LogP) is 3.39. The highest BCUT2D eigenvalue weighted by atomic mass is 16.5. The Morgan fingerprint density at radius 1 is 1.17 bits per heavy atom. The Labute approximate surface area is 172 Å². The van der Waals surface area contributed by atoms with Gasteiger partial charge in [-0.25, -0.2) is 0 Å². The van der Waals surface area contributed by atoms with E-state index in [9.17, 15) is 9.59 Å². The summed E-state index contributed by atoms with van der Waals surface area (Å²) in [6.45, 7) is 3.53. The van der Waals surface area contributed by atoms with Crippen LogP contribution in [-0.4, -0.2) is 34.8 Å². The fourth-order valence-electron chi connectivity index (χ4n) is 3.47. The van der Waals surface area contributed by atoms with Gasteiger partial charge in [0, 0.05) is 36.1 Å². The van der Waals surface area contributed by atoms with E-state index < -0.39 is 0 Å². The molecule has 8 heteroatoms. The number of hydrogen-bond donors (Lipinski definition) is 1. The molecule has 3 aromatic heterocycles. The summed E-state index contributed by atoms with van der Waals surface area (Å²) >= 11 is 0. The van der Waals surface area contributed by atoms with Crippen LogP contribution in [0.5, 0.6) is 11.5 Å². The maximum atomic E-state index is 13.6. The fraction of sp³-hybridized carbons (Fsp3) is 0.227. The topological polar surface area (TPSA) is 99.4 Å². The number of methoxy groups -OCH3 is 2. The lowest BCUT2D eigenvalue weighted by Gasteiger charge is -2.12. The first-order chi connectivity index (χ1) is 14.3. The van der Waals surface area contributed by atoms with E-state index in [-0.39, 0.29) is 28.1 Å². The Balaban J connectivity index is 2.01. The Morgan fingerprint density at radius 3 is 2.40 bits per heavy atom. The summed E-state index contributed by atoms with van der Waals surface area (Å²) in [7, 11) is 4.83. The molecule has 0 aliphatic carbocycles. The molecular formula is C22H21N3O5. The molecule has 0 aliphatic heterocycles. The van der Waals surface area contributed by atoms with Gasteiger partial charge in [-0.1, -0.05) is 0 Å². The van der Waals surface area contributed by atoms with E-state index in [1.807, 2.05) is 6.92 Å². The first-order valence-corrected chi connectivity index (χ1v) is 9.26. The number of rotatable bonds is 5. The van der Waals surface area contributed by atoms with Gasteiger partial charge in [0.05, 0.1) is 31.5 Å². The molecule has 0 atom stereocenters. The van der Waals surface area contributed by atoms with Crippen LogP contribution >= 0.6 is 0 Å². The van der Waals surface area contributed by atoms with Crippen LogP contribution in [0.25, 0.3) is 22.4 Å². The number of pyridine rings is 1. The normalized spacial score (nSPS) is 11.1. The lowest BCUT2D eigenvalue weighted by molar-refractivity contribution is 0.103. The van der Waals surface area contributed by atoms with E-state index in [0.29, 0.717) is 33.7 Å². The van der Waals surface area contributed by atoms with Gasteiger partial charge in [-0.3, -0.25) is 14.3 Å². The van der Waals surface area contributed by atoms with Crippen LogP contribution in [0, 0.1) is 13.8 Å². The summed E-state index contributed by atoms with van der Waals surface area (Å²) in [5.74, 6) is 1.000. The van der Waals surface area contributed by atoms with Crippen molar-refractivity contribution in [3.8, 4) is 22.8 Å². The second kappa shape index (κ2) is 7.22. The predicted molar refractivity (Wildman–Crippen MR) is 111 cm³/mol. The minimum atomic E-state index is -0.330. The second-order valence-electron chi connectivity index (χ2n) is 7.05. The average molecular weight is 407 g/mol. The highest BCUT2D eigenvalue weighted by molar-refractivity contribution is 6.19. The van der Waals surface area contributed by atoms with E-state index in [0.717, 1.165) is 5.56 Å². The number of nitrogens with one attached hydrogen (secondary N) is 1. The van der Waals surface area contributed by atoms with Gasteiger partial charge in [-0.05, 0) is 26.0 Å². The minimum Gasteiger partial charge on any atom is -0.496 e. The van der Waals surface area contributed by atoms with Crippen molar-refractivity contribution < 1.29 is 18.7 Å². The van der Waals surface area contributed by atoms with E-state index in [1.54, 1.807) is 49.4 Å². The summed E-state index contributed by atoms with van der Waals surface area (Å²) in [6, 6.07) is 3.30. The third-order valence-electron chi connectivity index (χ3n) is 5.11. The monoisotopic (exact) mass is 407 g/mol.